The molecule has 0 saturated heterocycles. The van der Waals surface area contributed by atoms with Gasteiger partial charge in [0.15, 0.2) is 0 Å². The number of aliphatic hydroxyl groups excluding tert-OH is 2. The summed E-state index contributed by atoms with van der Waals surface area (Å²) in [6.45, 7) is 15.0. The predicted molar refractivity (Wildman–Crippen MR) is 281 cm³/mol. The first-order chi connectivity index (χ1) is 36.5. The Labute approximate surface area is 438 Å². The summed E-state index contributed by atoms with van der Waals surface area (Å²) in [5.74, 6) is 1.51. The quantitative estimate of drug-likeness (QED) is 0.0266. The van der Waals surface area contributed by atoms with E-state index in [0.717, 1.165) is 44.9 Å². The van der Waals surface area contributed by atoms with Gasteiger partial charge in [0.1, 0.15) is 23.7 Å². The molecule has 0 spiro atoms. The van der Waals surface area contributed by atoms with E-state index in [0.29, 0.717) is 164 Å². The topological polar surface area (TPSA) is 193 Å². The fourth-order valence-corrected chi connectivity index (χ4v) is 6.77. The maximum atomic E-state index is 10.1. The monoisotopic (exact) mass is 1030 g/mol. The van der Waals surface area contributed by atoms with Crippen LogP contribution in [0.5, 0.6) is 11.5 Å². The number of hydrogen-bond donors (Lipinski definition) is 2. The van der Waals surface area contributed by atoms with Crippen LogP contribution in [0.3, 0.4) is 0 Å². The van der Waals surface area contributed by atoms with Crippen LogP contribution in [0, 0.1) is 11.3 Å². The Morgan fingerprint density at radius 1 is 0.378 bits per heavy atom. The molecule has 0 bridgehead atoms. The lowest BCUT2D eigenvalue weighted by molar-refractivity contribution is -0.0217. The number of nitrogens with zero attached hydrogens (tertiary/aromatic N) is 1. The van der Waals surface area contributed by atoms with E-state index in [1.54, 1.807) is 0 Å². The zero-order valence-electron chi connectivity index (χ0n) is 43.4. The SMILES string of the molecule is C[C@H](COCCOCCOCCOCCOCCOCCO)Oc1ccc(-c2ccc(/C=C(\C#N)c3ccc(-c4ccc(O[C@H](C)COCCOCCOCCOCCOCCOCCO)cc4)cc3)cc2)cc1. The highest BCUT2D eigenvalue weighted by Crippen LogP contribution is 2.28. The number of aliphatic hydroxyl groups is 2. The van der Waals surface area contributed by atoms with Crippen LogP contribution < -0.4 is 9.47 Å². The van der Waals surface area contributed by atoms with Crippen molar-refractivity contribution in [3.05, 3.63) is 108 Å². The van der Waals surface area contributed by atoms with Crippen LogP contribution in [-0.4, -0.2) is 194 Å². The van der Waals surface area contributed by atoms with Crippen molar-refractivity contribution >= 4 is 11.6 Å². The number of ether oxygens (including phenoxy) is 14. The summed E-state index contributed by atoms with van der Waals surface area (Å²) >= 11 is 0. The Kier molecular flexibility index (Phi) is 34.5. The van der Waals surface area contributed by atoms with Crippen LogP contribution in [0.1, 0.15) is 25.0 Å². The van der Waals surface area contributed by atoms with Crippen LogP contribution in [0.25, 0.3) is 33.9 Å². The molecule has 0 fully saturated rings. The Morgan fingerprint density at radius 3 is 0.919 bits per heavy atom. The van der Waals surface area contributed by atoms with E-state index in [1.807, 2.05) is 105 Å². The predicted octanol–water partition coefficient (Wildman–Crippen LogP) is 6.80. The van der Waals surface area contributed by atoms with E-state index in [4.69, 9.17) is 76.5 Å². The van der Waals surface area contributed by atoms with Crippen molar-refractivity contribution in [2.75, 3.05) is 172 Å². The Morgan fingerprint density at radius 2 is 0.635 bits per heavy atom. The molecule has 4 aromatic carbocycles. The normalized spacial score (nSPS) is 12.4. The van der Waals surface area contributed by atoms with Crippen molar-refractivity contribution in [1.82, 2.24) is 0 Å². The van der Waals surface area contributed by atoms with Gasteiger partial charge < -0.3 is 76.5 Å². The van der Waals surface area contributed by atoms with Gasteiger partial charge in [-0.05, 0) is 77.6 Å². The summed E-state index contributed by atoms with van der Waals surface area (Å²) in [5, 5.41) is 27.4. The molecule has 17 heteroatoms. The fraction of sp³-hybridized carbons (Fsp3) is 0.526. The van der Waals surface area contributed by atoms with Gasteiger partial charge in [-0.2, -0.15) is 5.26 Å². The highest BCUT2D eigenvalue weighted by atomic mass is 16.6. The van der Waals surface area contributed by atoms with Gasteiger partial charge in [-0.1, -0.05) is 72.8 Å². The number of allylic oxidation sites excluding steroid dienone is 1. The minimum absolute atomic E-state index is 0.0136. The molecule has 0 amide bonds. The average molecular weight is 1030 g/mol. The maximum absolute atomic E-state index is 10.1. The van der Waals surface area contributed by atoms with Crippen molar-refractivity contribution in [2.45, 2.75) is 26.1 Å². The molecule has 0 aliphatic carbocycles. The third-order valence-corrected chi connectivity index (χ3v) is 10.5. The molecule has 2 atom stereocenters. The van der Waals surface area contributed by atoms with E-state index in [1.165, 1.54) is 0 Å². The summed E-state index contributed by atoms with van der Waals surface area (Å²) in [5.41, 5.74) is 6.53. The molecule has 0 radical (unpaired) electrons. The second-order valence-electron chi connectivity index (χ2n) is 16.5. The first-order valence-electron chi connectivity index (χ1n) is 25.5. The largest absolute Gasteiger partial charge is 0.488 e. The number of benzene rings is 4. The van der Waals surface area contributed by atoms with Gasteiger partial charge in [-0.3, -0.25) is 0 Å². The zero-order valence-corrected chi connectivity index (χ0v) is 43.4. The first kappa shape index (κ1) is 61.7. The van der Waals surface area contributed by atoms with Gasteiger partial charge in [-0.15, -0.1) is 0 Å². The van der Waals surface area contributed by atoms with Crippen molar-refractivity contribution in [3.63, 3.8) is 0 Å². The number of hydrogen-bond acceptors (Lipinski definition) is 17. The Balaban J connectivity index is 1.03. The molecular weight excluding hydrogens is 955 g/mol. The van der Waals surface area contributed by atoms with Crippen molar-refractivity contribution in [1.29, 1.82) is 5.26 Å². The molecule has 17 nitrogen and oxygen atoms in total. The summed E-state index contributed by atoms with van der Waals surface area (Å²) in [4.78, 5) is 0. The minimum Gasteiger partial charge on any atom is -0.488 e. The van der Waals surface area contributed by atoms with Gasteiger partial charge in [0.25, 0.3) is 0 Å². The lowest BCUT2D eigenvalue weighted by Gasteiger charge is -2.15. The summed E-state index contributed by atoms with van der Waals surface area (Å²) in [7, 11) is 0. The molecule has 74 heavy (non-hydrogen) atoms. The Bertz CT molecular complexity index is 2030. The van der Waals surface area contributed by atoms with Gasteiger partial charge in [0.2, 0.25) is 0 Å². The molecule has 0 heterocycles. The fourth-order valence-electron chi connectivity index (χ4n) is 6.77. The van der Waals surface area contributed by atoms with E-state index in [2.05, 4.69) is 18.2 Å². The van der Waals surface area contributed by atoms with Gasteiger partial charge in [0, 0.05) is 0 Å². The maximum Gasteiger partial charge on any atom is 0.119 e. The highest BCUT2D eigenvalue weighted by Gasteiger charge is 2.09. The van der Waals surface area contributed by atoms with Crippen LogP contribution in [0.2, 0.25) is 0 Å². The van der Waals surface area contributed by atoms with Crippen molar-refractivity contribution in [3.8, 4) is 39.8 Å². The second kappa shape index (κ2) is 41.4. The van der Waals surface area contributed by atoms with Crippen LogP contribution in [-0.2, 0) is 56.8 Å². The molecule has 0 aromatic heterocycles. The van der Waals surface area contributed by atoms with Crippen LogP contribution in [0.4, 0.5) is 0 Å². The van der Waals surface area contributed by atoms with Crippen LogP contribution in [0.15, 0.2) is 97.1 Å². The van der Waals surface area contributed by atoms with E-state index in [-0.39, 0.29) is 25.4 Å². The summed E-state index contributed by atoms with van der Waals surface area (Å²) in [6.07, 6.45) is 1.63. The van der Waals surface area contributed by atoms with Gasteiger partial charge in [0.05, 0.1) is 183 Å². The van der Waals surface area contributed by atoms with Gasteiger partial charge >= 0.3 is 0 Å². The molecule has 4 aromatic rings. The van der Waals surface area contributed by atoms with E-state index >= 15 is 0 Å². The Hall–Kier alpha value is -4.85. The third-order valence-electron chi connectivity index (χ3n) is 10.5. The molecule has 0 unspecified atom stereocenters. The summed E-state index contributed by atoms with van der Waals surface area (Å²) in [6, 6.07) is 34.4. The van der Waals surface area contributed by atoms with Gasteiger partial charge in [-0.25, -0.2) is 0 Å². The lowest BCUT2D eigenvalue weighted by Crippen LogP contribution is -2.21. The average Bonchev–Trinajstić information content (AvgIpc) is 3.42. The molecule has 0 saturated carbocycles. The zero-order chi connectivity index (χ0) is 52.4. The minimum atomic E-state index is -0.141. The van der Waals surface area contributed by atoms with Crippen LogP contribution >= 0.6 is 0 Å². The van der Waals surface area contributed by atoms with Crippen molar-refractivity contribution < 1.29 is 76.5 Å². The smallest absolute Gasteiger partial charge is 0.119 e. The standard InChI is InChI=1S/C57H79NO16/c1-47(45-71-41-39-69-37-35-67-33-31-65-29-27-63-25-23-61-21-19-59)73-56-15-11-52(12-16-56)50-5-3-49(4-6-50)43-55(44-58)54-9-7-51(8-10-54)53-13-17-57(18-14-53)74-48(2)46-72-42-40-70-38-36-68-34-32-66-30-28-64-26-24-62-22-20-60/h3-18,43,47-48,59-60H,19-42,45-46H2,1-2H3/b55-43+/t47-,48-/m1/s1. The lowest BCUT2D eigenvalue weighted by atomic mass is 9.98. The van der Waals surface area contributed by atoms with Crippen molar-refractivity contribution in [2.24, 2.45) is 0 Å². The molecule has 408 valence electrons. The van der Waals surface area contributed by atoms with E-state index < -0.39 is 0 Å². The molecule has 4 rings (SSSR count). The molecule has 0 aliphatic heterocycles. The molecular formula is C57H79NO16. The second-order valence-corrected chi connectivity index (χ2v) is 16.5. The molecule has 0 aliphatic rings. The first-order valence-corrected chi connectivity index (χ1v) is 25.5. The van der Waals surface area contributed by atoms with E-state index in [9.17, 15) is 5.26 Å². The highest BCUT2D eigenvalue weighted by molar-refractivity contribution is 5.90. The number of nitriles is 1. The number of rotatable bonds is 46. The summed E-state index contributed by atoms with van der Waals surface area (Å²) < 4.78 is 77.7. The molecule has 2 N–H and O–H groups in total. The third kappa shape index (κ3) is 28.7.